The van der Waals surface area contributed by atoms with Crippen molar-refractivity contribution < 1.29 is 32.2 Å². The van der Waals surface area contributed by atoms with Gasteiger partial charge in [-0.25, -0.2) is 13.2 Å². The normalized spacial score (nSPS) is 21.2. The van der Waals surface area contributed by atoms with E-state index < -0.39 is 15.8 Å². The Labute approximate surface area is 214 Å². The maximum Gasteiger partial charge on any atom is 0.337 e. The molecule has 36 heavy (non-hydrogen) atoms. The summed E-state index contributed by atoms with van der Waals surface area (Å²) < 4.78 is 48.9. The molecule has 0 bridgehead atoms. The molecule has 1 aromatic carbocycles. The van der Waals surface area contributed by atoms with Crippen molar-refractivity contribution in [3.63, 3.8) is 0 Å². The fourth-order valence-corrected chi connectivity index (χ4v) is 6.81. The number of pyridine rings is 1. The Kier molecular flexibility index (Phi) is 7.25. The van der Waals surface area contributed by atoms with Crippen LogP contribution in [-0.2, 0) is 24.0 Å². The number of anilines is 2. The van der Waals surface area contributed by atoms with Crippen molar-refractivity contribution in [3.8, 4) is 11.6 Å². The third-order valence-corrected chi connectivity index (χ3v) is 8.74. The number of benzene rings is 1. The first-order chi connectivity index (χ1) is 17.4. The molecule has 2 saturated heterocycles. The van der Waals surface area contributed by atoms with Crippen LogP contribution in [-0.4, -0.2) is 84.3 Å². The van der Waals surface area contributed by atoms with Crippen molar-refractivity contribution in [1.82, 2.24) is 4.98 Å². The molecule has 0 spiro atoms. The molecule has 3 aliphatic heterocycles. The number of sulfone groups is 1. The monoisotopic (exact) mass is 537 g/mol. The summed E-state index contributed by atoms with van der Waals surface area (Å²) in [6.07, 6.45) is 1.86. The average Bonchev–Trinajstić information content (AvgIpc) is 3.40. The smallest absolute Gasteiger partial charge is 0.337 e. The Morgan fingerprint density at radius 1 is 1.17 bits per heavy atom. The van der Waals surface area contributed by atoms with Gasteiger partial charge in [0.15, 0.2) is 15.7 Å². The lowest BCUT2D eigenvalue weighted by Crippen LogP contribution is -2.41. The maximum absolute atomic E-state index is 13.3. The highest BCUT2D eigenvalue weighted by atomic mass is 35.5. The lowest BCUT2D eigenvalue weighted by atomic mass is 10.2. The molecular weight excluding hydrogens is 510 g/mol. The predicted octanol–water partition coefficient (Wildman–Crippen LogP) is 2.92. The Bertz CT molecular complexity index is 1230. The number of fused-ring (bicyclic) bond motifs is 1. The first-order valence-electron chi connectivity index (χ1n) is 11.9. The summed E-state index contributed by atoms with van der Waals surface area (Å²) in [5.74, 6) is 0.358. The van der Waals surface area contributed by atoms with Crippen LogP contribution in [0.4, 0.5) is 11.5 Å². The van der Waals surface area contributed by atoms with E-state index in [1.165, 1.54) is 7.11 Å². The van der Waals surface area contributed by atoms with Gasteiger partial charge in [0.2, 0.25) is 5.88 Å². The average molecular weight is 538 g/mol. The summed E-state index contributed by atoms with van der Waals surface area (Å²) in [7, 11) is -2.38. The van der Waals surface area contributed by atoms with Crippen molar-refractivity contribution in [3.05, 3.63) is 34.9 Å². The van der Waals surface area contributed by atoms with Crippen molar-refractivity contribution in [2.24, 2.45) is 0 Å². The molecule has 0 radical (unpaired) electrons. The molecule has 194 valence electrons. The summed E-state index contributed by atoms with van der Waals surface area (Å²) in [5.41, 5.74) is 0.711. The summed E-state index contributed by atoms with van der Waals surface area (Å²) >= 11 is 6.78. The molecule has 12 heteroatoms. The number of aromatic nitrogens is 1. The van der Waals surface area contributed by atoms with Crippen LogP contribution < -0.4 is 14.5 Å². The van der Waals surface area contributed by atoms with E-state index in [0.29, 0.717) is 62.3 Å². The van der Waals surface area contributed by atoms with E-state index in [9.17, 15) is 13.2 Å². The van der Waals surface area contributed by atoms with Crippen LogP contribution in [0, 0.1) is 0 Å². The second-order valence-electron chi connectivity index (χ2n) is 8.85. The zero-order chi connectivity index (χ0) is 25.3. The molecule has 2 aromatic rings. The second-order valence-corrected chi connectivity index (χ2v) is 11.3. The fourth-order valence-electron chi connectivity index (χ4n) is 4.67. The molecule has 0 amide bonds. The van der Waals surface area contributed by atoms with E-state index in [4.69, 9.17) is 35.5 Å². The highest BCUT2D eigenvalue weighted by Gasteiger charge is 2.39. The zero-order valence-electron chi connectivity index (χ0n) is 19.9. The number of hydrogen-bond acceptors (Lipinski definition) is 10. The topological polar surface area (TPSA) is 108 Å². The lowest BCUT2D eigenvalue weighted by Gasteiger charge is -2.36. The standard InChI is InChI=1S/C24H28ClN3O7S/c1-32-24(29)16-4-6-17(7-5-16)35-23-20-21(19(25)22(26-23)27-8-12-33-13-9-27)36(30,31)14-10-28(20)15-18-3-2-11-34-18/h4-7,18H,2-3,8-15H2,1H3/t18-/m1/s1. The van der Waals surface area contributed by atoms with E-state index in [2.05, 4.69) is 0 Å². The lowest BCUT2D eigenvalue weighted by molar-refractivity contribution is 0.0600. The van der Waals surface area contributed by atoms with Crippen LogP contribution in [0.2, 0.25) is 5.02 Å². The molecule has 1 aromatic heterocycles. The van der Waals surface area contributed by atoms with Crippen LogP contribution in [0.3, 0.4) is 0 Å². The highest BCUT2D eigenvalue weighted by Crippen LogP contribution is 2.47. The van der Waals surface area contributed by atoms with E-state index in [1.807, 2.05) is 9.80 Å². The number of ether oxygens (including phenoxy) is 4. The van der Waals surface area contributed by atoms with Crippen molar-refractivity contribution in [2.45, 2.75) is 23.8 Å². The van der Waals surface area contributed by atoms with E-state index in [1.54, 1.807) is 24.3 Å². The summed E-state index contributed by atoms with van der Waals surface area (Å²) in [5, 5.41) is 0.0947. The van der Waals surface area contributed by atoms with Gasteiger partial charge in [-0.3, -0.25) is 0 Å². The van der Waals surface area contributed by atoms with E-state index >= 15 is 0 Å². The zero-order valence-corrected chi connectivity index (χ0v) is 21.5. The second kappa shape index (κ2) is 10.4. The molecule has 5 rings (SSSR count). The van der Waals surface area contributed by atoms with E-state index in [0.717, 1.165) is 12.8 Å². The van der Waals surface area contributed by atoms with Gasteiger partial charge in [0.05, 0.1) is 37.7 Å². The van der Waals surface area contributed by atoms with Gasteiger partial charge in [0, 0.05) is 32.8 Å². The number of nitrogens with zero attached hydrogens (tertiary/aromatic N) is 3. The van der Waals surface area contributed by atoms with Crippen LogP contribution in [0.15, 0.2) is 29.2 Å². The first kappa shape index (κ1) is 25.1. The molecular formula is C24H28ClN3O7S. The van der Waals surface area contributed by atoms with Gasteiger partial charge in [-0.05, 0) is 37.1 Å². The quantitative estimate of drug-likeness (QED) is 0.510. The van der Waals surface area contributed by atoms with Crippen LogP contribution in [0.1, 0.15) is 23.2 Å². The predicted molar refractivity (Wildman–Crippen MR) is 133 cm³/mol. The summed E-state index contributed by atoms with van der Waals surface area (Å²) in [6, 6.07) is 6.39. The summed E-state index contributed by atoms with van der Waals surface area (Å²) in [4.78, 5) is 20.5. The number of carbonyl (C=O) groups excluding carboxylic acids is 1. The third kappa shape index (κ3) is 4.97. The number of morpholine rings is 1. The molecule has 10 nitrogen and oxygen atoms in total. The van der Waals surface area contributed by atoms with Crippen molar-refractivity contribution in [1.29, 1.82) is 0 Å². The molecule has 0 saturated carbocycles. The SMILES string of the molecule is COC(=O)c1ccc(Oc2nc(N3CCOCC3)c(Cl)c3c2N(C[C@H]2CCCO2)CCS3(=O)=O)cc1. The number of methoxy groups -OCH3 is 1. The minimum absolute atomic E-state index is 0.0106. The van der Waals surface area contributed by atoms with Gasteiger partial charge < -0.3 is 28.7 Å². The fraction of sp³-hybridized carbons (Fsp3) is 0.500. The number of carbonyl (C=O) groups is 1. The van der Waals surface area contributed by atoms with Gasteiger partial charge in [-0.2, -0.15) is 4.98 Å². The Morgan fingerprint density at radius 2 is 1.92 bits per heavy atom. The number of hydrogen-bond donors (Lipinski definition) is 0. The van der Waals surface area contributed by atoms with Crippen LogP contribution in [0.5, 0.6) is 11.6 Å². The first-order valence-corrected chi connectivity index (χ1v) is 13.9. The molecule has 4 heterocycles. The number of rotatable bonds is 6. The summed E-state index contributed by atoms with van der Waals surface area (Å²) in [6.45, 7) is 3.50. The Morgan fingerprint density at radius 3 is 2.58 bits per heavy atom. The highest BCUT2D eigenvalue weighted by molar-refractivity contribution is 7.91. The largest absolute Gasteiger partial charge is 0.465 e. The van der Waals surface area contributed by atoms with Crippen LogP contribution in [0.25, 0.3) is 0 Å². The molecule has 1 atom stereocenters. The molecule has 2 fully saturated rings. The molecule has 3 aliphatic rings. The van der Waals surface area contributed by atoms with Crippen molar-refractivity contribution >= 4 is 38.9 Å². The Balaban J connectivity index is 1.60. The van der Waals surface area contributed by atoms with Gasteiger partial charge in [0.1, 0.15) is 21.4 Å². The minimum Gasteiger partial charge on any atom is -0.465 e. The Hall–Kier alpha value is -2.60. The van der Waals surface area contributed by atoms with Crippen molar-refractivity contribution in [2.75, 3.05) is 68.7 Å². The van der Waals surface area contributed by atoms with Crippen LogP contribution >= 0.6 is 11.6 Å². The van der Waals surface area contributed by atoms with E-state index in [-0.39, 0.29) is 34.2 Å². The molecule has 0 unspecified atom stereocenters. The molecule has 0 N–H and O–H groups in total. The minimum atomic E-state index is -3.69. The number of esters is 1. The number of halogens is 1. The van der Waals surface area contributed by atoms with Gasteiger partial charge in [-0.15, -0.1) is 0 Å². The van der Waals surface area contributed by atoms with Gasteiger partial charge in [0.25, 0.3) is 0 Å². The third-order valence-electron chi connectivity index (χ3n) is 6.53. The van der Waals surface area contributed by atoms with Gasteiger partial charge in [-0.1, -0.05) is 11.6 Å². The maximum atomic E-state index is 13.3. The van der Waals surface area contributed by atoms with Gasteiger partial charge >= 0.3 is 5.97 Å². The molecule has 0 aliphatic carbocycles.